The number of benzene rings is 1. The second kappa shape index (κ2) is 5.42. The highest BCUT2D eigenvalue weighted by molar-refractivity contribution is 6.30. The molecule has 0 aliphatic carbocycles. The van der Waals surface area contributed by atoms with Crippen LogP contribution in [0.25, 0.3) is 0 Å². The summed E-state index contributed by atoms with van der Waals surface area (Å²) < 4.78 is 13.4. The number of aliphatic hydroxyl groups is 2. The van der Waals surface area contributed by atoms with Crippen LogP contribution in [-0.4, -0.2) is 22.9 Å². The molecule has 0 bridgehead atoms. The summed E-state index contributed by atoms with van der Waals surface area (Å²) in [5.41, 5.74) is 5.21. The molecular formula is C10H13ClFNO2. The molecular weight excluding hydrogens is 221 g/mol. The van der Waals surface area contributed by atoms with Gasteiger partial charge in [0.25, 0.3) is 0 Å². The van der Waals surface area contributed by atoms with Crippen molar-refractivity contribution in [1.29, 1.82) is 0 Å². The van der Waals surface area contributed by atoms with Gasteiger partial charge in [-0.2, -0.15) is 0 Å². The van der Waals surface area contributed by atoms with Crippen LogP contribution in [0.4, 0.5) is 4.39 Å². The van der Waals surface area contributed by atoms with Crippen LogP contribution in [0.3, 0.4) is 0 Å². The normalized spacial score (nSPS) is 15.0. The number of halogens is 2. The Kier molecular flexibility index (Phi) is 4.47. The first-order chi connectivity index (χ1) is 7.07. The molecule has 0 spiro atoms. The van der Waals surface area contributed by atoms with Crippen molar-refractivity contribution >= 4 is 11.6 Å². The minimum atomic E-state index is -1.30. The summed E-state index contributed by atoms with van der Waals surface area (Å²) in [6.45, 7) is 0.223. The van der Waals surface area contributed by atoms with Crippen LogP contribution in [0.15, 0.2) is 18.2 Å². The highest BCUT2D eigenvalue weighted by atomic mass is 35.5. The van der Waals surface area contributed by atoms with Crippen molar-refractivity contribution in [2.75, 3.05) is 6.54 Å². The predicted octanol–water partition coefficient (Wildman–Crippen LogP) is 1.22. The zero-order chi connectivity index (χ0) is 11.4. The van der Waals surface area contributed by atoms with Crippen LogP contribution in [0, 0.1) is 5.82 Å². The maximum Gasteiger partial charge on any atom is 0.147 e. The molecule has 2 atom stereocenters. The average Bonchev–Trinajstić information content (AvgIpc) is 2.21. The van der Waals surface area contributed by atoms with E-state index in [1.165, 1.54) is 18.2 Å². The number of hydrogen-bond acceptors (Lipinski definition) is 3. The Morgan fingerprint density at radius 2 is 2.07 bits per heavy atom. The molecule has 1 aromatic carbocycles. The van der Waals surface area contributed by atoms with Crippen LogP contribution in [-0.2, 0) is 0 Å². The van der Waals surface area contributed by atoms with Crippen molar-refractivity contribution in [3.63, 3.8) is 0 Å². The molecule has 0 fully saturated rings. The van der Waals surface area contributed by atoms with Gasteiger partial charge in [0.1, 0.15) is 11.9 Å². The second-order valence-electron chi connectivity index (χ2n) is 3.23. The van der Waals surface area contributed by atoms with E-state index in [2.05, 4.69) is 0 Å². The van der Waals surface area contributed by atoms with E-state index in [0.717, 1.165) is 0 Å². The summed E-state index contributed by atoms with van der Waals surface area (Å²) in [7, 11) is 0. The smallest absolute Gasteiger partial charge is 0.147 e. The van der Waals surface area contributed by atoms with Crippen LogP contribution in [0.1, 0.15) is 18.1 Å². The van der Waals surface area contributed by atoms with Gasteiger partial charge in [-0.05, 0) is 19.0 Å². The van der Waals surface area contributed by atoms with E-state index < -0.39 is 18.0 Å². The summed E-state index contributed by atoms with van der Waals surface area (Å²) >= 11 is 5.55. The summed E-state index contributed by atoms with van der Waals surface area (Å²) in [6, 6.07) is 4.27. The largest absolute Gasteiger partial charge is 0.390 e. The average molecular weight is 234 g/mol. The third-order valence-corrected chi connectivity index (χ3v) is 2.42. The number of nitrogens with two attached hydrogens (primary N) is 1. The second-order valence-corrected chi connectivity index (χ2v) is 3.64. The first-order valence-electron chi connectivity index (χ1n) is 4.58. The van der Waals surface area contributed by atoms with Crippen LogP contribution < -0.4 is 5.73 Å². The van der Waals surface area contributed by atoms with Gasteiger partial charge < -0.3 is 15.9 Å². The molecule has 0 saturated heterocycles. The zero-order valence-corrected chi connectivity index (χ0v) is 8.78. The zero-order valence-electron chi connectivity index (χ0n) is 8.03. The highest BCUT2D eigenvalue weighted by Crippen LogP contribution is 2.26. The molecule has 1 aromatic rings. The van der Waals surface area contributed by atoms with E-state index >= 15 is 0 Å². The van der Waals surface area contributed by atoms with Crippen LogP contribution >= 0.6 is 11.6 Å². The first-order valence-corrected chi connectivity index (χ1v) is 4.95. The van der Waals surface area contributed by atoms with Crippen molar-refractivity contribution in [2.45, 2.75) is 18.6 Å². The van der Waals surface area contributed by atoms with Gasteiger partial charge in [0, 0.05) is 5.56 Å². The Morgan fingerprint density at radius 3 is 2.67 bits per heavy atom. The Balaban J connectivity index is 2.90. The SMILES string of the molecule is NCCC(O)C(O)c1cccc(Cl)c1F. The van der Waals surface area contributed by atoms with Crippen molar-refractivity contribution in [2.24, 2.45) is 5.73 Å². The molecule has 2 unspecified atom stereocenters. The maximum absolute atomic E-state index is 13.4. The lowest BCUT2D eigenvalue weighted by molar-refractivity contribution is 0.0130. The molecule has 0 heterocycles. The third kappa shape index (κ3) is 2.89. The van der Waals surface area contributed by atoms with Gasteiger partial charge in [0.05, 0.1) is 11.1 Å². The Labute approximate surface area is 92.3 Å². The quantitative estimate of drug-likeness (QED) is 0.733. The summed E-state index contributed by atoms with van der Waals surface area (Å²) in [4.78, 5) is 0. The lowest BCUT2D eigenvalue weighted by atomic mass is 10.0. The summed E-state index contributed by atoms with van der Waals surface area (Å²) in [5.74, 6) is -0.706. The van der Waals surface area contributed by atoms with E-state index in [1.807, 2.05) is 0 Å². The molecule has 4 N–H and O–H groups in total. The first kappa shape index (κ1) is 12.4. The molecule has 0 saturated carbocycles. The number of hydrogen-bond donors (Lipinski definition) is 3. The van der Waals surface area contributed by atoms with E-state index in [4.69, 9.17) is 17.3 Å². The standard InChI is InChI=1S/C10H13ClFNO2/c11-7-3-1-2-6(9(7)12)10(15)8(14)4-5-13/h1-3,8,10,14-15H,4-5,13H2. The van der Waals surface area contributed by atoms with E-state index in [-0.39, 0.29) is 23.6 Å². The van der Waals surface area contributed by atoms with Gasteiger partial charge in [0.2, 0.25) is 0 Å². The molecule has 3 nitrogen and oxygen atoms in total. The fraction of sp³-hybridized carbons (Fsp3) is 0.400. The van der Waals surface area contributed by atoms with E-state index in [9.17, 15) is 14.6 Å². The molecule has 0 aromatic heterocycles. The molecule has 5 heteroatoms. The fourth-order valence-corrected chi connectivity index (χ4v) is 1.47. The minimum absolute atomic E-state index is 0.0107. The molecule has 15 heavy (non-hydrogen) atoms. The number of aliphatic hydroxyl groups excluding tert-OH is 2. The topological polar surface area (TPSA) is 66.5 Å². The molecule has 0 radical (unpaired) electrons. The van der Waals surface area contributed by atoms with Gasteiger partial charge in [-0.25, -0.2) is 4.39 Å². The Morgan fingerprint density at radius 1 is 1.40 bits per heavy atom. The summed E-state index contributed by atoms with van der Waals surface area (Å²) in [6.07, 6.45) is -2.18. The predicted molar refractivity (Wildman–Crippen MR) is 56.0 cm³/mol. The lowest BCUT2D eigenvalue weighted by Crippen LogP contribution is -2.22. The lowest BCUT2D eigenvalue weighted by Gasteiger charge is -2.18. The Hall–Kier alpha value is -0.680. The Bertz CT molecular complexity index is 335. The molecule has 0 amide bonds. The van der Waals surface area contributed by atoms with Crippen molar-refractivity contribution < 1.29 is 14.6 Å². The number of rotatable bonds is 4. The van der Waals surface area contributed by atoms with E-state index in [1.54, 1.807) is 0 Å². The third-order valence-electron chi connectivity index (χ3n) is 2.13. The maximum atomic E-state index is 13.4. The van der Waals surface area contributed by atoms with Gasteiger partial charge in [-0.15, -0.1) is 0 Å². The summed E-state index contributed by atoms with van der Waals surface area (Å²) in [5, 5.41) is 19.0. The van der Waals surface area contributed by atoms with Gasteiger partial charge in [-0.1, -0.05) is 23.7 Å². The molecule has 1 rings (SSSR count). The van der Waals surface area contributed by atoms with Crippen molar-refractivity contribution in [1.82, 2.24) is 0 Å². The minimum Gasteiger partial charge on any atom is -0.390 e. The van der Waals surface area contributed by atoms with E-state index in [0.29, 0.717) is 0 Å². The highest BCUT2D eigenvalue weighted by Gasteiger charge is 2.21. The molecule has 0 aliphatic rings. The van der Waals surface area contributed by atoms with Crippen LogP contribution in [0.2, 0.25) is 5.02 Å². The van der Waals surface area contributed by atoms with Crippen molar-refractivity contribution in [3.8, 4) is 0 Å². The molecule has 84 valence electrons. The van der Waals surface area contributed by atoms with Gasteiger partial charge in [0.15, 0.2) is 0 Å². The monoisotopic (exact) mass is 233 g/mol. The fourth-order valence-electron chi connectivity index (χ4n) is 1.28. The van der Waals surface area contributed by atoms with Gasteiger partial charge in [-0.3, -0.25) is 0 Å². The van der Waals surface area contributed by atoms with Crippen LogP contribution in [0.5, 0.6) is 0 Å². The van der Waals surface area contributed by atoms with Gasteiger partial charge >= 0.3 is 0 Å². The van der Waals surface area contributed by atoms with Crippen molar-refractivity contribution in [3.05, 3.63) is 34.6 Å². The molecule has 0 aliphatic heterocycles.